The van der Waals surface area contributed by atoms with E-state index in [1.807, 2.05) is 0 Å². The van der Waals surface area contributed by atoms with Crippen LogP contribution in [0.3, 0.4) is 0 Å². The molecule has 2 aliphatic heterocycles. The van der Waals surface area contributed by atoms with Crippen LogP contribution >= 0.6 is 0 Å². The molecule has 2 heterocycles. The molecule has 0 aliphatic carbocycles. The number of aliphatic hydroxyl groups excluding tert-OH is 1. The quantitative estimate of drug-likeness (QED) is 0.552. The van der Waals surface area contributed by atoms with Gasteiger partial charge in [0, 0.05) is 0 Å². The van der Waals surface area contributed by atoms with Gasteiger partial charge in [-0.3, -0.25) is 4.79 Å². The fraction of sp³-hybridized carbons (Fsp3) is 0.889. The highest BCUT2D eigenvalue weighted by atomic mass is 16.7. The number of ether oxygens (including phenoxy) is 3. The maximum absolute atomic E-state index is 11.0. The van der Waals surface area contributed by atoms with Gasteiger partial charge >= 0.3 is 5.97 Å². The monoisotopic (exact) mass is 202 g/mol. The summed E-state index contributed by atoms with van der Waals surface area (Å²) in [5.74, 6) is -1.11. The molecule has 2 aliphatic rings. The Morgan fingerprint density at radius 2 is 2.21 bits per heavy atom. The highest BCUT2D eigenvalue weighted by molar-refractivity contribution is 5.71. The summed E-state index contributed by atoms with van der Waals surface area (Å²) >= 11 is 0. The Bertz CT molecular complexity index is 250. The minimum atomic E-state index is -0.788. The number of carbonyl (C=O) groups excluding carboxylic acids is 1. The third kappa shape index (κ3) is 1.75. The third-order valence-corrected chi connectivity index (χ3v) is 2.42. The Kier molecular flexibility index (Phi) is 2.25. The van der Waals surface area contributed by atoms with Gasteiger partial charge in [0.15, 0.2) is 11.9 Å². The maximum Gasteiger partial charge on any atom is 0.308 e. The van der Waals surface area contributed by atoms with Crippen molar-refractivity contribution in [3.63, 3.8) is 0 Å². The van der Waals surface area contributed by atoms with Gasteiger partial charge < -0.3 is 19.3 Å². The number of rotatable bonds is 0. The summed E-state index contributed by atoms with van der Waals surface area (Å²) < 4.78 is 15.8. The number of aliphatic hydroxyl groups is 1. The summed E-state index contributed by atoms with van der Waals surface area (Å²) in [6.07, 6.45) is -1.72. The van der Waals surface area contributed by atoms with Crippen molar-refractivity contribution >= 4 is 5.97 Å². The van der Waals surface area contributed by atoms with Crippen molar-refractivity contribution in [1.29, 1.82) is 0 Å². The summed E-state index contributed by atoms with van der Waals surface area (Å²) in [5.41, 5.74) is 0. The zero-order valence-electron chi connectivity index (χ0n) is 8.23. The van der Waals surface area contributed by atoms with E-state index in [0.717, 1.165) is 0 Å². The molecule has 0 radical (unpaired) electrons. The predicted octanol–water partition coefficient (Wildman–Crippen LogP) is -0.186. The van der Waals surface area contributed by atoms with Crippen LogP contribution in [0, 0.1) is 0 Å². The number of hydrogen-bond acceptors (Lipinski definition) is 5. The van der Waals surface area contributed by atoms with Crippen molar-refractivity contribution in [3.8, 4) is 0 Å². The van der Waals surface area contributed by atoms with Crippen molar-refractivity contribution in [1.82, 2.24) is 0 Å². The molecule has 14 heavy (non-hydrogen) atoms. The molecule has 2 saturated heterocycles. The van der Waals surface area contributed by atoms with Crippen LogP contribution in [0.5, 0.6) is 0 Å². The van der Waals surface area contributed by atoms with Gasteiger partial charge in [-0.15, -0.1) is 0 Å². The molecular formula is C9H14O5. The SMILES string of the molecule is CC1(C)OC[C@H]2OC(=O)C[C@@H](O)[C@H]2O1. The summed E-state index contributed by atoms with van der Waals surface area (Å²) in [4.78, 5) is 11.0. The molecule has 80 valence electrons. The van der Waals surface area contributed by atoms with E-state index in [-0.39, 0.29) is 13.0 Å². The molecule has 1 N–H and O–H groups in total. The van der Waals surface area contributed by atoms with Gasteiger partial charge in [-0.2, -0.15) is 0 Å². The van der Waals surface area contributed by atoms with Gasteiger partial charge in [0.05, 0.1) is 19.1 Å². The van der Waals surface area contributed by atoms with Gasteiger partial charge in [0.1, 0.15) is 6.10 Å². The first-order valence-electron chi connectivity index (χ1n) is 4.67. The molecule has 0 unspecified atom stereocenters. The van der Waals surface area contributed by atoms with Crippen molar-refractivity contribution < 1.29 is 24.1 Å². The molecule has 0 saturated carbocycles. The summed E-state index contributed by atoms with van der Waals surface area (Å²) in [5, 5.41) is 9.63. The van der Waals surface area contributed by atoms with E-state index in [2.05, 4.69) is 0 Å². The Labute approximate surface area is 81.9 Å². The molecular weight excluding hydrogens is 188 g/mol. The standard InChI is InChI=1S/C9H14O5/c1-9(2)12-4-6-8(14-9)5(10)3-7(11)13-6/h5-6,8,10H,3-4H2,1-2H3/t5-,6-,8-/m1/s1. The average Bonchev–Trinajstić information content (AvgIpc) is 2.06. The number of hydrogen-bond donors (Lipinski definition) is 1. The van der Waals surface area contributed by atoms with Gasteiger partial charge in [0.2, 0.25) is 0 Å². The van der Waals surface area contributed by atoms with Crippen LogP contribution in [0.15, 0.2) is 0 Å². The minimum absolute atomic E-state index is 0.00273. The number of esters is 1. The molecule has 2 fully saturated rings. The van der Waals surface area contributed by atoms with E-state index in [1.165, 1.54) is 0 Å². The van der Waals surface area contributed by atoms with E-state index < -0.39 is 30.1 Å². The second-order valence-corrected chi connectivity index (χ2v) is 4.09. The van der Waals surface area contributed by atoms with Crippen molar-refractivity contribution in [2.24, 2.45) is 0 Å². The minimum Gasteiger partial charge on any atom is -0.457 e. The van der Waals surface area contributed by atoms with Crippen LogP contribution in [-0.2, 0) is 19.0 Å². The highest BCUT2D eigenvalue weighted by Crippen LogP contribution is 2.29. The van der Waals surface area contributed by atoms with Crippen LogP contribution in [0.2, 0.25) is 0 Å². The Morgan fingerprint density at radius 3 is 2.93 bits per heavy atom. The molecule has 0 spiro atoms. The molecule has 5 heteroatoms. The first kappa shape index (κ1) is 9.89. The molecule has 0 aromatic rings. The Morgan fingerprint density at radius 1 is 1.50 bits per heavy atom. The maximum atomic E-state index is 11.0. The van der Waals surface area contributed by atoms with E-state index >= 15 is 0 Å². The normalized spacial score (nSPS) is 41.4. The smallest absolute Gasteiger partial charge is 0.308 e. The highest BCUT2D eigenvalue weighted by Gasteiger charge is 2.46. The topological polar surface area (TPSA) is 65.0 Å². The zero-order valence-corrected chi connectivity index (χ0v) is 8.23. The lowest BCUT2D eigenvalue weighted by molar-refractivity contribution is -0.327. The molecule has 2 rings (SSSR count). The fourth-order valence-corrected chi connectivity index (χ4v) is 1.75. The largest absolute Gasteiger partial charge is 0.457 e. The van der Waals surface area contributed by atoms with Crippen molar-refractivity contribution in [2.75, 3.05) is 6.61 Å². The van der Waals surface area contributed by atoms with Gasteiger partial charge in [-0.05, 0) is 13.8 Å². The molecule has 3 atom stereocenters. The summed E-state index contributed by atoms with van der Waals surface area (Å²) in [6.45, 7) is 3.82. The first-order chi connectivity index (χ1) is 6.48. The lowest BCUT2D eigenvalue weighted by Crippen LogP contribution is -2.58. The van der Waals surface area contributed by atoms with E-state index in [9.17, 15) is 9.90 Å². The lowest BCUT2D eigenvalue weighted by atomic mass is 10.0. The fourth-order valence-electron chi connectivity index (χ4n) is 1.75. The van der Waals surface area contributed by atoms with Crippen molar-refractivity contribution in [2.45, 2.75) is 44.4 Å². The van der Waals surface area contributed by atoms with Crippen LogP contribution in [0.4, 0.5) is 0 Å². The van der Waals surface area contributed by atoms with E-state index in [1.54, 1.807) is 13.8 Å². The number of fused-ring (bicyclic) bond motifs is 1. The predicted molar refractivity (Wildman–Crippen MR) is 45.4 cm³/mol. The first-order valence-corrected chi connectivity index (χ1v) is 4.67. The van der Waals surface area contributed by atoms with Gasteiger partial charge in [-0.1, -0.05) is 0 Å². The molecule has 0 bridgehead atoms. The van der Waals surface area contributed by atoms with Gasteiger partial charge in [-0.25, -0.2) is 0 Å². The molecule has 0 aromatic carbocycles. The van der Waals surface area contributed by atoms with Crippen LogP contribution in [0.1, 0.15) is 20.3 Å². The second-order valence-electron chi connectivity index (χ2n) is 4.09. The lowest BCUT2D eigenvalue weighted by Gasteiger charge is -2.44. The van der Waals surface area contributed by atoms with Crippen molar-refractivity contribution in [3.05, 3.63) is 0 Å². The molecule has 0 aromatic heterocycles. The Hall–Kier alpha value is -0.650. The van der Waals surface area contributed by atoms with Crippen LogP contribution in [-0.4, -0.2) is 41.8 Å². The van der Waals surface area contributed by atoms with Gasteiger partial charge in [0.25, 0.3) is 0 Å². The molecule has 5 nitrogen and oxygen atoms in total. The molecule has 0 amide bonds. The summed E-state index contributed by atoms with van der Waals surface area (Å²) in [7, 11) is 0. The van der Waals surface area contributed by atoms with Crippen LogP contribution < -0.4 is 0 Å². The third-order valence-electron chi connectivity index (χ3n) is 2.42. The average molecular weight is 202 g/mol. The van der Waals surface area contributed by atoms with E-state index in [0.29, 0.717) is 0 Å². The van der Waals surface area contributed by atoms with Crippen LogP contribution in [0.25, 0.3) is 0 Å². The number of carbonyl (C=O) groups is 1. The van der Waals surface area contributed by atoms with E-state index in [4.69, 9.17) is 14.2 Å². The summed E-state index contributed by atoms with van der Waals surface area (Å²) in [6, 6.07) is 0. The Balaban J connectivity index is 2.10. The second kappa shape index (κ2) is 3.18. The zero-order chi connectivity index (χ0) is 10.3.